The molecule has 4 aromatic rings. The van der Waals surface area contributed by atoms with Crippen LogP contribution in [0.3, 0.4) is 0 Å². The van der Waals surface area contributed by atoms with Gasteiger partial charge in [-0.25, -0.2) is 15.0 Å². The van der Waals surface area contributed by atoms with E-state index in [0.717, 1.165) is 41.3 Å². The van der Waals surface area contributed by atoms with Crippen molar-refractivity contribution in [3.05, 3.63) is 60.9 Å². The van der Waals surface area contributed by atoms with Crippen molar-refractivity contribution in [1.82, 2.24) is 24.4 Å². The molecule has 0 saturated heterocycles. The molecule has 3 N–H and O–H groups in total. The lowest BCUT2D eigenvalue weighted by Crippen LogP contribution is -2.40. The van der Waals surface area contributed by atoms with Gasteiger partial charge in [0.1, 0.15) is 6.33 Å². The number of nitrogens with zero attached hydrogens (tertiary/aromatic N) is 5. The Bertz CT molecular complexity index is 1170. The maximum absolute atomic E-state index is 6.02. The van der Waals surface area contributed by atoms with Crippen molar-refractivity contribution in [3.63, 3.8) is 0 Å². The topological polar surface area (TPSA) is 84.9 Å². The number of nitrogens with two attached hydrogens (primary N) is 1. The monoisotopic (exact) mass is 429 g/mol. The van der Waals surface area contributed by atoms with Gasteiger partial charge in [0.25, 0.3) is 0 Å². The van der Waals surface area contributed by atoms with Crippen molar-refractivity contribution in [2.24, 2.45) is 0 Å². The fraction of sp³-hybridized carbons (Fsp3) is 0.320. The van der Waals surface area contributed by atoms with Crippen LogP contribution < -0.4 is 11.1 Å². The largest absolute Gasteiger partial charge is 0.399 e. The zero-order valence-electron chi connectivity index (χ0n) is 19.2. The maximum Gasteiger partial charge on any atom is 0.170 e. The summed E-state index contributed by atoms with van der Waals surface area (Å²) in [5, 5.41) is 3.52. The van der Waals surface area contributed by atoms with E-state index >= 15 is 0 Å². The van der Waals surface area contributed by atoms with E-state index in [1.165, 1.54) is 0 Å². The van der Waals surface area contributed by atoms with Gasteiger partial charge in [-0.15, -0.1) is 0 Å². The number of nitrogen functional groups attached to an aromatic ring is 1. The Balaban J connectivity index is 1.74. The van der Waals surface area contributed by atoms with Crippen LogP contribution in [0.4, 0.5) is 11.5 Å². The van der Waals surface area contributed by atoms with E-state index in [2.05, 4.69) is 42.9 Å². The van der Waals surface area contributed by atoms with E-state index in [-0.39, 0.29) is 0 Å². The minimum Gasteiger partial charge on any atom is -0.399 e. The van der Waals surface area contributed by atoms with E-state index in [1.54, 1.807) is 6.33 Å². The molecule has 0 aliphatic heterocycles. The molecule has 166 valence electrons. The second kappa shape index (κ2) is 9.36. The smallest absolute Gasteiger partial charge is 0.170 e. The van der Waals surface area contributed by atoms with E-state index in [9.17, 15) is 0 Å². The highest BCUT2D eigenvalue weighted by Crippen LogP contribution is 2.27. The predicted molar refractivity (Wildman–Crippen MR) is 132 cm³/mol. The molecule has 4 rings (SSSR count). The molecular weight excluding hydrogens is 398 g/mol. The summed E-state index contributed by atoms with van der Waals surface area (Å²) in [6.07, 6.45) is 1.80. The van der Waals surface area contributed by atoms with Crippen molar-refractivity contribution in [2.75, 3.05) is 24.1 Å². The van der Waals surface area contributed by atoms with Crippen molar-refractivity contribution in [2.45, 2.75) is 39.8 Å². The molecule has 2 aromatic carbocycles. The first-order valence-electron chi connectivity index (χ1n) is 11.1. The fourth-order valence-corrected chi connectivity index (χ4v) is 4.02. The van der Waals surface area contributed by atoms with Crippen LogP contribution in [0.1, 0.15) is 27.7 Å². The minimum atomic E-state index is 0.474. The molecule has 0 fully saturated rings. The molecule has 32 heavy (non-hydrogen) atoms. The summed E-state index contributed by atoms with van der Waals surface area (Å²) in [5.41, 5.74) is 10.1. The zero-order valence-corrected chi connectivity index (χ0v) is 19.2. The number of nitrogens with one attached hydrogen (secondary N) is 1. The summed E-state index contributed by atoms with van der Waals surface area (Å²) in [4.78, 5) is 16.8. The van der Waals surface area contributed by atoms with Crippen molar-refractivity contribution >= 4 is 22.7 Å². The number of anilines is 2. The number of fused-ring (bicyclic) bond motifs is 1. The van der Waals surface area contributed by atoms with Gasteiger partial charge in [-0.2, -0.15) is 0 Å². The number of hydrogen-bond donors (Lipinski definition) is 2. The third-order valence-corrected chi connectivity index (χ3v) is 5.56. The Hall–Kier alpha value is -3.45. The van der Waals surface area contributed by atoms with Gasteiger partial charge in [-0.1, -0.05) is 30.3 Å². The molecule has 7 nitrogen and oxygen atoms in total. The molecule has 2 aromatic heterocycles. The van der Waals surface area contributed by atoms with Gasteiger partial charge in [-0.3, -0.25) is 9.47 Å². The van der Waals surface area contributed by atoms with Crippen LogP contribution in [-0.2, 0) is 0 Å². The average molecular weight is 430 g/mol. The Morgan fingerprint density at radius 1 is 0.969 bits per heavy atom. The van der Waals surface area contributed by atoms with Gasteiger partial charge < -0.3 is 11.1 Å². The Labute approximate surface area is 189 Å². The van der Waals surface area contributed by atoms with Gasteiger partial charge in [0.2, 0.25) is 0 Å². The molecular formula is C25H31N7. The van der Waals surface area contributed by atoms with Crippen LogP contribution in [0, 0.1) is 0 Å². The third-order valence-electron chi connectivity index (χ3n) is 5.56. The maximum atomic E-state index is 6.02. The fourth-order valence-electron chi connectivity index (χ4n) is 4.02. The quantitative estimate of drug-likeness (QED) is 0.398. The number of imidazole rings is 1. The lowest BCUT2D eigenvalue weighted by Gasteiger charge is -2.30. The lowest BCUT2D eigenvalue weighted by molar-refractivity contribution is 0.182. The third kappa shape index (κ3) is 4.57. The lowest BCUT2D eigenvalue weighted by atomic mass is 10.2. The van der Waals surface area contributed by atoms with Crippen molar-refractivity contribution < 1.29 is 0 Å². The van der Waals surface area contributed by atoms with E-state index in [1.807, 2.05) is 59.2 Å². The summed E-state index contributed by atoms with van der Waals surface area (Å²) < 4.78 is 1.99. The summed E-state index contributed by atoms with van der Waals surface area (Å²) in [7, 11) is 0. The first kappa shape index (κ1) is 21.8. The van der Waals surface area contributed by atoms with E-state index in [4.69, 9.17) is 15.7 Å². The number of hydrogen-bond acceptors (Lipinski definition) is 6. The van der Waals surface area contributed by atoms with E-state index in [0.29, 0.717) is 23.6 Å². The van der Waals surface area contributed by atoms with Gasteiger partial charge in [0, 0.05) is 42.1 Å². The molecule has 0 bridgehead atoms. The number of benzene rings is 2. The van der Waals surface area contributed by atoms with Crippen LogP contribution >= 0.6 is 0 Å². The average Bonchev–Trinajstić information content (AvgIpc) is 3.21. The van der Waals surface area contributed by atoms with Gasteiger partial charge in [-0.05, 0) is 52.0 Å². The first-order valence-corrected chi connectivity index (χ1v) is 11.1. The predicted octanol–water partition coefficient (Wildman–Crippen LogP) is 4.60. The molecule has 7 heteroatoms. The molecule has 0 spiro atoms. The van der Waals surface area contributed by atoms with Gasteiger partial charge >= 0.3 is 0 Å². The number of aromatic nitrogens is 4. The number of para-hydroxylation sites is 1. The summed E-state index contributed by atoms with van der Waals surface area (Å²) in [5.74, 6) is 1.35. The Morgan fingerprint density at radius 2 is 1.72 bits per heavy atom. The molecule has 0 amide bonds. The highest BCUT2D eigenvalue weighted by atomic mass is 15.2. The van der Waals surface area contributed by atoms with Crippen LogP contribution in [0.15, 0.2) is 60.9 Å². The zero-order chi connectivity index (χ0) is 22.7. The summed E-state index contributed by atoms with van der Waals surface area (Å²) >= 11 is 0. The van der Waals surface area contributed by atoms with Crippen LogP contribution in [0.2, 0.25) is 0 Å². The standard InChI is InChI=1S/C25H31N7/c1-17(2)31(18(3)4)14-13-27-24-22-25(32(16-28-22)21-11-6-5-7-12-21)30-23(29-24)19-9-8-10-20(26)15-19/h5-12,15-18H,13-14,26H2,1-4H3,(H,27,29,30). The first-order chi connectivity index (χ1) is 15.4. The Morgan fingerprint density at radius 3 is 2.41 bits per heavy atom. The minimum absolute atomic E-state index is 0.474. The SMILES string of the molecule is CC(C)N(CCNc1nc(-c2cccc(N)c2)nc2c1ncn2-c1ccccc1)C(C)C. The molecule has 0 atom stereocenters. The number of rotatable bonds is 8. The van der Waals surface area contributed by atoms with Crippen LogP contribution in [0.5, 0.6) is 0 Å². The molecule has 0 unspecified atom stereocenters. The molecule has 0 aliphatic rings. The van der Waals surface area contributed by atoms with Crippen LogP contribution in [-0.4, -0.2) is 49.6 Å². The van der Waals surface area contributed by atoms with Gasteiger partial charge in [0.05, 0.1) is 0 Å². The molecule has 0 radical (unpaired) electrons. The second-order valence-electron chi connectivity index (χ2n) is 8.50. The van der Waals surface area contributed by atoms with Crippen molar-refractivity contribution in [3.8, 4) is 17.1 Å². The summed E-state index contributed by atoms with van der Waals surface area (Å²) in [6, 6.07) is 18.7. The Kier molecular flexibility index (Phi) is 6.37. The van der Waals surface area contributed by atoms with E-state index < -0.39 is 0 Å². The highest BCUT2D eigenvalue weighted by Gasteiger charge is 2.17. The van der Waals surface area contributed by atoms with Crippen LogP contribution in [0.25, 0.3) is 28.2 Å². The highest BCUT2D eigenvalue weighted by molar-refractivity contribution is 5.86. The second-order valence-corrected chi connectivity index (χ2v) is 8.50. The molecule has 2 heterocycles. The van der Waals surface area contributed by atoms with Gasteiger partial charge in [0.15, 0.2) is 22.8 Å². The normalized spacial score (nSPS) is 11.7. The molecule has 0 aliphatic carbocycles. The molecule has 0 saturated carbocycles. The summed E-state index contributed by atoms with van der Waals surface area (Å²) in [6.45, 7) is 10.6. The van der Waals surface area contributed by atoms with Crippen molar-refractivity contribution in [1.29, 1.82) is 0 Å².